The summed E-state index contributed by atoms with van der Waals surface area (Å²) in [6.07, 6.45) is 4.70. The molecule has 2 heterocycles. The molecule has 0 aliphatic carbocycles. The second-order valence-electron chi connectivity index (χ2n) is 7.86. The summed E-state index contributed by atoms with van der Waals surface area (Å²) in [7, 11) is 2.13. The molecule has 1 atom stereocenters. The van der Waals surface area contributed by atoms with Gasteiger partial charge in [0.15, 0.2) is 0 Å². The minimum atomic E-state index is -0.477. The minimum Gasteiger partial charge on any atom is -0.374 e. The molecule has 0 aromatic heterocycles. The van der Waals surface area contributed by atoms with Crippen LogP contribution in [0.1, 0.15) is 46.8 Å². The fraction of sp³-hybridized carbons (Fsp3) is 0.435. The maximum Gasteiger partial charge on any atom is 0.254 e. The largest absolute Gasteiger partial charge is 0.374 e. The SMILES string of the molecule is CN1CCc2cc([C@@H](CNC(=O)c3ccccc3F)N3CCCCC3)ccc21. The molecule has 1 amide bonds. The van der Waals surface area contributed by atoms with Crippen LogP contribution in [0.3, 0.4) is 0 Å². The summed E-state index contributed by atoms with van der Waals surface area (Å²) >= 11 is 0. The Kier molecular flexibility index (Phi) is 5.62. The van der Waals surface area contributed by atoms with E-state index in [4.69, 9.17) is 0 Å². The number of hydrogen-bond acceptors (Lipinski definition) is 3. The summed E-state index contributed by atoms with van der Waals surface area (Å²) in [5.74, 6) is -0.823. The summed E-state index contributed by atoms with van der Waals surface area (Å²) in [4.78, 5) is 17.3. The number of halogens is 1. The van der Waals surface area contributed by atoms with Crippen LogP contribution in [0, 0.1) is 5.82 Å². The van der Waals surface area contributed by atoms with Gasteiger partial charge >= 0.3 is 0 Å². The lowest BCUT2D eigenvalue weighted by molar-refractivity contribution is 0.0920. The molecule has 1 saturated heterocycles. The molecule has 0 unspecified atom stereocenters. The number of nitrogens with zero attached hydrogens (tertiary/aromatic N) is 2. The average Bonchev–Trinajstić information content (AvgIpc) is 3.09. The molecule has 5 heteroatoms. The summed E-state index contributed by atoms with van der Waals surface area (Å²) < 4.78 is 14.0. The minimum absolute atomic E-state index is 0.107. The highest BCUT2D eigenvalue weighted by Gasteiger charge is 2.25. The Morgan fingerprint density at radius 1 is 1.11 bits per heavy atom. The smallest absolute Gasteiger partial charge is 0.254 e. The summed E-state index contributed by atoms with van der Waals surface area (Å²) in [5, 5.41) is 2.98. The highest BCUT2D eigenvalue weighted by molar-refractivity contribution is 5.94. The zero-order chi connectivity index (χ0) is 19.5. The molecule has 1 fully saturated rings. The van der Waals surface area contributed by atoms with E-state index in [-0.39, 0.29) is 17.5 Å². The Balaban J connectivity index is 1.54. The third-order valence-corrected chi connectivity index (χ3v) is 6.02. The number of carbonyl (C=O) groups excluding carboxylic acids is 1. The monoisotopic (exact) mass is 381 g/mol. The second kappa shape index (κ2) is 8.31. The van der Waals surface area contributed by atoms with Gasteiger partial charge in [-0.1, -0.05) is 30.7 Å². The van der Waals surface area contributed by atoms with Crippen molar-refractivity contribution in [2.75, 3.05) is 38.1 Å². The first kappa shape index (κ1) is 18.9. The Bertz CT molecular complexity index is 847. The maximum absolute atomic E-state index is 14.0. The Morgan fingerprint density at radius 2 is 1.89 bits per heavy atom. The van der Waals surface area contributed by atoms with Gasteiger partial charge in [0.1, 0.15) is 5.82 Å². The van der Waals surface area contributed by atoms with Crippen LogP contribution in [0.25, 0.3) is 0 Å². The Hall–Kier alpha value is -2.40. The highest BCUT2D eigenvalue weighted by Crippen LogP contribution is 2.32. The van der Waals surface area contributed by atoms with Crippen LogP contribution in [0.4, 0.5) is 10.1 Å². The van der Waals surface area contributed by atoms with E-state index in [9.17, 15) is 9.18 Å². The average molecular weight is 381 g/mol. The number of hydrogen-bond donors (Lipinski definition) is 1. The van der Waals surface area contributed by atoms with E-state index in [2.05, 4.69) is 40.4 Å². The third-order valence-electron chi connectivity index (χ3n) is 6.02. The van der Waals surface area contributed by atoms with Gasteiger partial charge in [-0.2, -0.15) is 0 Å². The van der Waals surface area contributed by atoms with Crippen molar-refractivity contribution in [3.63, 3.8) is 0 Å². The number of anilines is 1. The van der Waals surface area contributed by atoms with E-state index in [1.165, 1.54) is 48.2 Å². The number of piperidine rings is 1. The zero-order valence-corrected chi connectivity index (χ0v) is 16.5. The molecule has 0 bridgehead atoms. The van der Waals surface area contributed by atoms with Gasteiger partial charge in [0.25, 0.3) is 5.91 Å². The van der Waals surface area contributed by atoms with Crippen molar-refractivity contribution in [2.45, 2.75) is 31.7 Å². The Labute approximate surface area is 166 Å². The van der Waals surface area contributed by atoms with E-state index in [0.717, 1.165) is 26.1 Å². The Morgan fingerprint density at radius 3 is 2.68 bits per heavy atom. The predicted molar refractivity (Wildman–Crippen MR) is 110 cm³/mol. The van der Waals surface area contributed by atoms with Gasteiger partial charge in [0.05, 0.1) is 11.6 Å². The van der Waals surface area contributed by atoms with E-state index < -0.39 is 5.82 Å². The molecular formula is C23H28FN3O. The van der Waals surface area contributed by atoms with Crippen molar-refractivity contribution in [2.24, 2.45) is 0 Å². The van der Waals surface area contributed by atoms with Crippen molar-refractivity contribution < 1.29 is 9.18 Å². The molecule has 148 valence electrons. The number of amides is 1. The van der Waals surface area contributed by atoms with Gasteiger partial charge < -0.3 is 10.2 Å². The number of benzene rings is 2. The van der Waals surface area contributed by atoms with E-state index in [0.29, 0.717) is 6.54 Å². The molecular weight excluding hydrogens is 353 g/mol. The first-order chi connectivity index (χ1) is 13.6. The molecule has 2 aromatic carbocycles. The summed E-state index contributed by atoms with van der Waals surface area (Å²) in [6, 6.07) is 13.0. The zero-order valence-electron chi connectivity index (χ0n) is 16.5. The first-order valence-electron chi connectivity index (χ1n) is 10.2. The molecule has 1 N–H and O–H groups in total. The van der Waals surface area contributed by atoms with Crippen LogP contribution >= 0.6 is 0 Å². The third kappa shape index (κ3) is 3.90. The van der Waals surface area contributed by atoms with Gasteiger partial charge in [-0.3, -0.25) is 9.69 Å². The van der Waals surface area contributed by atoms with E-state index in [1.807, 2.05) is 0 Å². The topological polar surface area (TPSA) is 35.6 Å². The summed E-state index contributed by atoms with van der Waals surface area (Å²) in [5.41, 5.74) is 4.03. The van der Waals surface area contributed by atoms with Gasteiger partial charge in [-0.15, -0.1) is 0 Å². The summed E-state index contributed by atoms with van der Waals surface area (Å²) in [6.45, 7) is 3.62. The number of carbonyl (C=O) groups is 1. The molecule has 4 nitrogen and oxygen atoms in total. The molecule has 2 aromatic rings. The van der Waals surface area contributed by atoms with Gasteiger partial charge in [-0.25, -0.2) is 4.39 Å². The molecule has 0 saturated carbocycles. The van der Waals surface area contributed by atoms with Crippen LogP contribution in [0.5, 0.6) is 0 Å². The standard InChI is InChI=1S/C23H28FN3O/c1-26-14-11-18-15-17(9-10-21(18)26)22(27-12-5-2-6-13-27)16-25-23(28)19-7-3-4-8-20(19)24/h3-4,7-10,15,22H,2,5-6,11-14,16H2,1H3,(H,25,28)/t22-/m1/s1. The number of likely N-dealkylation sites (N-methyl/N-ethyl adjacent to an activating group) is 1. The van der Waals surface area contributed by atoms with E-state index >= 15 is 0 Å². The number of rotatable bonds is 5. The molecule has 2 aliphatic heterocycles. The lowest BCUT2D eigenvalue weighted by Gasteiger charge is -2.35. The van der Waals surface area contributed by atoms with Crippen LogP contribution in [0.15, 0.2) is 42.5 Å². The molecule has 28 heavy (non-hydrogen) atoms. The maximum atomic E-state index is 14.0. The molecule has 4 rings (SSSR count). The second-order valence-corrected chi connectivity index (χ2v) is 7.86. The highest BCUT2D eigenvalue weighted by atomic mass is 19.1. The van der Waals surface area contributed by atoms with E-state index in [1.54, 1.807) is 12.1 Å². The van der Waals surface area contributed by atoms with Crippen molar-refractivity contribution in [1.29, 1.82) is 0 Å². The fourth-order valence-corrected chi connectivity index (χ4v) is 4.41. The number of fused-ring (bicyclic) bond motifs is 1. The number of nitrogens with one attached hydrogen (secondary N) is 1. The van der Waals surface area contributed by atoms with Crippen LogP contribution in [-0.4, -0.2) is 44.0 Å². The molecule has 2 aliphatic rings. The quantitative estimate of drug-likeness (QED) is 0.856. The normalized spacial score (nSPS) is 18.0. The number of likely N-dealkylation sites (tertiary alicyclic amines) is 1. The van der Waals surface area contributed by atoms with Crippen LogP contribution < -0.4 is 10.2 Å². The van der Waals surface area contributed by atoms with Gasteiger partial charge in [-0.05, 0) is 61.7 Å². The van der Waals surface area contributed by atoms with Crippen molar-refractivity contribution in [3.8, 4) is 0 Å². The van der Waals surface area contributed by atoms with Crippen molar-refractivity contribution in [1.82, 2.24) is 10.2 Å². The molecule has 0 radical (unpaired) electrons. The van der Waals surface area contributed by atoms with Gasteiger partial charge in [0.2, 0.25) is 0 Å². The van der Waals surface area contributed by atoms with Gasteiger partial charge in [0, 0.05) is 25.8 Å². The fourth-order valence-electron chi connectivity index (χ4n) is 4.41. The van der Waals surface area contributed by atoms with Crippen molar-refractivity contribution in [3.05, 3.63) is 65.0 Å². The molecule has 0 spiro atoms. The lowest BCUT2D eigenvalue weighted by Crippen LogP contribution is -2.40. The van der Waals surface area contributed by atoms with Crippen LogP contribution in [0.2, 0.25) is 0 Å². The predicted octanol–water partition coefficient (Wildman–Crippen LogP) is 3.78. The van der Waals surface area contributed by atoms with Crippen LogP contribution in [-0.2, 0) is 6.42 Å². The van der Waals surface area contributed by atoms with Crippen molar-refractivity contribution >= 4 is 11.6 Å². The lowest BCUT2D eigenvalue weighted by atomic mass is 9.98. The first-order valence-corrected chi connectivity index (χ1v) is 10.2.